The van der Waals surface area contributed by atoms with Crippen LogP contribution in [-0.2, 0) is 4.57 Å². The molecule has 1 heterocycles. The van der Waals surface area contributed by atoms with Gasteiger partial charge in [-0.1, -0.05) is 0 Å². The summed E-state index contributed by atoms with van der Waals surface area (Å²) in [6, 6.07) is 11.2. The Kier molecular flexibility index (Phi) is 4.64. The van der Waals surface area contributed by atoms with Crippen LogP contribution in [0.1, 0.15) is 0 Å². The molecule has 0 bridgehead atoms. The standard InChI is InChI=1S/C18H20N3O3P/c1-23-16-9-14-15(10-17(16)24-2)19-11-20-18(14)21-12-5-7-13(8-6-12)25(3,4)22/h5-11H,1-4H3,(H,19,20,21). The minimum Gasteiger partial charge on any atom is -0.493 e. The van der Waals surface area contributed by atoms with Gasteiger partial charge in [-0.3, -0.25) is 0 Å². The molecular formula is C18H20N3O3P. The highest BCUT2D eigenvalue weighted by Crippen LogP contribution is 2.36. The molecule has 3 rings (SSSR count). The number of methoxy groups -OCH3 is 2. The molecule has 0 unspecified atom stereocenters. The maximum atomic E-state index is 12.1. The number of benzene rings is 2. The van der Waals surface area contributed by atoms with Crippen molar-refractivity contribution in [1.82, 2.24) is 9.97 Å². The SMILES string of the molecule is COc1cc2ncnc(Nc3ccc(P(C)(C)=O)cc3)c2cc1OC. The number of nitrogens with zero attached hydrogens (tertiary/aromatic N) is 2. The molecule has 7 heteroatoms. The van der Waals surface area contributed by atoms with E-state index in [-0.39, 0.29) is 0 Å². The molecule has 0 spiro atoms. The van der Waals surface area contributed by atoms with Crippen LogP contribution in [0.15, 0.2) is 42.7 Å². The summed E-state index contributed by atoms with van der Waals surface area (Å²) in [6.45, 7) is 3.51. The van der Waals surface area contributed by atoms with Gasteiger partial charge in [0.2, 0.25) is 0 Å². The van der Waals surface area contributed by atoms with Gasteiger partial charge in [-0.15, -0.1) is 0 Å². The first-order valence-corrected chi connectivity index (χ1v) is 10.3. The van der Waals surface area contributed by atoms with E-state index in [1.165, 1.54) is 6.33 Å². The first-order valence-electron chi connectivity index (χ1n) is 7.72. The van der Waals surface area contributed by atoms with Crippen LogP contribution < -0.4 is 20.1 Å². The fourth-order valence-corrected chi connectivity index (χ4v) is 3.39. The zero-order valence-corrected chi connectivity index (χ0v) is 15.5. The van der Waals surface area contributed by atoms with Crippen molar-refractivity contribution in [3.63, 3.8) is 0 Å². The summed E-state index contributed by atoms with van der Waals surface area (Å²) in [5.41, 5.74) is 1.60. The maximum Gasteiger partial charge on any atom is 0.162 e. The third kappa shape index (κ3) is 3.59. The first kappa shape index (κ1) is 17.2. The molecule has 3 aromatic rings. The third-order valence-electron chi connectivity index (χ3n) is 3.89. The van der Waals surface area contributed by atoms with Crippen molar-refractivity contribution in [2.45, 2.75) is 0 Å². The average Bonchev–Trinajstić information content (AvgIpc) is 2.60. The quantitative estimate of drug-likeness (QED) is 0.703. The van der Waals surface area contributed by atoms with Gasteiger partial charge in [0.1, 0.15) is 19.3 Å². The summed E-state index contributed by atoms with van der Waals surface area (Å²) in [4.78, 5) is 8.62. The molecule has 0 atom stereocenters. The van der Waals surface area contributed by atoms with Crippen LogP contribution in [0, 0.1) is 0 Å². The lowest BCUT2D eigenvalue weighted by atomic mass is 10.2. The first-order chi connectivity index (χ1) is 11.9. The molecule has 6 nitrogen and oxygen atoms in total. The molecule has 0 saturated heterocycles. The number of hydrogen-bond acceptors (Lipinski definition) is 6. The number of hydrogen-bond donors (Lipinski definition) is 1. The van der Waals surface area contributed by atoms with Crippen molar-refractivity contribution in [2.75, 3.05) is 32.9 Å². The van der Waals surface area contributed by atoms with Gasteiger partial charge in [-0.25, -0.2) is 9.97 Å². The number of fused-ring (bicyclic) bond motifs is 1. The summed E-state index contributed by atoms with van der Waals surface area (Å²) in [5, 5.41) is 4.94. The van der Waals surface area contributed by atoms with Gasteiger partial charge in [0.15, 0.2) is 11.5 Å². The van der Waals surface area contributed by atoms with Crippen LogP contribution >= 0.6 is 7.14 Å². The maximum absolute atomic E-state index is 12.1. The number of rotatable bonds is 5. The highest BCUT2D eigenvalue weighted by molar-refractivity contribution is 7.70. The molecule has 1 aromatic heterocycles. The number of nitrogens with one attached hydrogen (secondary N) is 1. The minimum atomic E-state index is -2.26. The molecule has 25 heavy (non-hydrogen) atoms. The Morgan fingerprint density at radius 1 is 0.960 bits per heavy atom. The highest BCUT2D eigenvalue weighted by atomic mass is 31.2. The second-order valence-corrected chi connectivity index (χ2v) is 9.19. The van der Waals surface area contributed by atoms with Crippen molar-refractivity contribution in [2.24, 2.45) is 0 Å². The van der Waals surface area contributed by atoms with E-state index < -0.39 is 7.14 Å². The van der Waals surface area contributed by atoms with E-state index in [0.717, 1.165) is 21.9 Å². The number of ether oxygens (including phenoxy) is 2. The second-order valence-electron chi connectivity index (χ2n) is 5.97. The Hall–Kier alpha value is -2.59. The van der Waals surface area contributed by atoms with Crippen molar-refractivity contribution in [1.29, 1.82) is 0 Å². The highest BCUT2D eigenvalue weighted by Gasteiger charge is 2.12. The lowest BCUT2D eigenvalue weighted by molar-refractivity contribution is 0.356. The zero-order valence-electron chi connectivity index (χ0n) is 14.6. The summed E-state index contributed by atoms with van der Waals surface area (Å²) < 4.78 is 22.8. The van der Waals surface area contributed by atoms with Crippen molar-refractivity contribution < 1.29 is 14.0 Å². The smallest absolute Gasteiger partial charge is 0.162 e. The van der Waals surface area contributed by atoms with Gasteiger partial charge in [-0.2, -0.15) is 0 Å². The van der Waals surface area contributed by atoms with Crippen LogP contribution in [0.25, 0.3) is 10.9 Å². The van der Waals surface area contributed by atoms with Gasteiger partial charge < -0.3 is 19.4 Å². The molecule has 0 radical (unpaired) electrons. The van der Waals surface area contributed by atoms with E-state index in [1.807, 2.05) is 36.4 Å². The fraction of sp³-hybridized carbons (Fsp3) is 0.222. The van der Waals surface area contributed by atoms with E-state index in [9.17, 15) is 4.57 Å². The van der Waals surface area contributed by atoms with Crippen molar-refractivity contribution in [3.8, 4) is 11.5 Å². The normalized spacial score (nSPS) is 11.4. The van der Waals surface area contributed by atoms with Gasteiger partial charge in [0, 0.05) is 22.4 Å². The Morgan fingerprint density at radius 3 is 2.20 bits per heavy atom. The average molecular weight is 357 g/mol. The summed E-state index contributed by atoms with van der Waals surface area (Å²) in [5.74, 6) is 1.89. The molecular weight excluding hydrogens is 337 g/mol. The Labute approximate surface area is 146 Å². The van der Waals surface area contributed by atoms with Gasteiger partial charge >= 0.3 is 0 Å². The van der Waals surface area contributed by atoms with Crippen LogP contribution in [0.3, 0.4) is 0 Å². The van der Waals surface area contributed by atoms with Crippen LogP contribution in [0.2, 0.25) is 0 Å². The summed E-state index contributed by atoms with van der Waals surface area (Å²) in [7, 11) is 0.916. The summed E-state index contributed by atoms with van der Waals surface area (Å²) >= 11 is 0. The van der Waals surface area contributed by atoms with E-state index >= 15 is 0 Å². The van der Waals surface area contributed by atoms with Gasteiger partial charge in [0.05, 0.1) is 19.7 Å². The predicted molar refractivity (Wildman–Crippen MR) is 101 cm³/mol. The molecule has 1 N–H and O–H groups in total. The van der Waals surface area contributed by atoms with Crippen LogP contribution in [0.5, 0.6) is 11.5 Å². The third-order valence-corrected chi connectivity index (χ3v) is 5.43. The molecule has 2 aromatic carbocycles. The fourth-order valence-electron chi connectivity index (χ4n) is 2.52. The number of anilines is 2. The zero-order chi connectivity index (χ0) is 18.0. The Morgan fingerprint density at radius 2 is 1.60 bits per heavy atom. The second kappa shape index (κ2) is 6.73. The lowest BCUT2D eigenvalue weighted by Crippen LogP contribution is -2.03. The molecule has 0 amide bonds. The van der Waals surface area contributed by atoms with Crippen LogP contribution in [-0.4, -0.2) is 37.5 Å². The topological polar surface area (TPSA) is 73.3 Å². The molecule has 0 aliphatic heterocycles. The lowest BCUT2D eigenvalue weighted by Gasteiger charge is -2.13. The predicted octanol–water partition coefficient (Wildman–Crippen LogP) is 3.64. The van der Waals surface area contributed by atoms with Gasteiger partial charge in [0.25, 0.3) is 0 Å². The summed E-state index contributed by atoms with van der Waals surface area (Å²) in [6.07, 6.45) is 1.50. The largest absolute Gasteiger partial charge is 0.493 e. The molecule has 0 aliphatic rings. The molecule has 130 valence electrons. The van der Waals surface area contributed by atoms with E-state index in [2.05, 4.69) is 15.3 Å². The molecule has 0 saturated carbocycles. The van der Waals surface area contributed by atoms with Crippen molar-refractivity contribution in [3.05, 3.63) is 42.7 Å². The number of aromatic nitrogens is 2. The Balaban J connectivity index is 2.00. The van der Waals surface area contributed by atoms with E-state index in [1.54, 1.807) is 27.5 Å². The van der Waals surface area contributed by atoms with Gasteiger partial charge in [-0.05, 0) is 43.7 Å². The molecule has 0 aliphatic carbocycles. The Bertz CT molecular complexity index is 952. The van der Waals surface area contributed by atoms with E-state index in [4.69, 9.17) is 9.47 Å². The van der Waals surface area contributed by atoms with E-state index in [0.29, 0.717) is 17.3 Å². The van der Waals surface area contributed by atoms with Crippen LogP contribution in [0.4, 0.5) is 11.5 Å². The monoisotopic (exact) mass is 357 g/mol. The molecule has 0 fully saturated rings. The minimum absolute atomic E-state index is 0.612. The van der Waals surface area contributed by atoms with Crippen molar-refractivity contribution >= 4 is 34.9 Å².